The van der Waals surface area contributed by atoms with Crippen LogP contribution in [-0.2, 0) is 10.3 Å². The van der Waals surface area contributed by atoms with Crippen LogP contribution in [0.25, 0.3) is 5.69 Å². The lowest BCUT2D eigenvalue weighted by molar-refractivity contribution is -0.917. The third-order valence-electron chi connectivity index (χ3n) is 5.85. The van der Waals surface area contributed by atoms with Crippen molar-refractivity contribution >= 4 is 11.9 Å². The molecule has 0 aliphatic carbocycles. The minimum absolute atomic E-state index is 0.0824. The quantitative estimate of drug-likeness (QED) is 0.605. The van der Waals surface area contributed by atoms with Crippen LogP contribution in [-0.4, -0.2) is 45.3 Å². The van der Waals surface area contributed by atoms with E-state index >= 15 is 0 Å². The molecule has 1 aliphatic heterocycles. The van der Waals surface area contributed by atoms with E-state index in [0.717, 1.165) is 21.7 Å². The van der Waals surface area contributed by atoms with E-state index in [1.165, 1.54) is 11.2 Å². The fourth-order valence-corrected chi connectivity index (χ4v) is 3.74. The van der Waals surface area contributed by atoms with E-state index in [4.69, 9.17) is 0 Å². The van der Waals surface area contributed by atoms with Gasteiger partial charge in [0.15, 0.2) is 6.67 Å². The molecule has 0 saturated carbocycles. The summed E-state index contributed by atoms with van der Waals surface area (Å²) in [5, 5.41) is 6.99. The van der Waals surface area contributed by atoms with Crippen LogP contribution >= 0.6 is 0 Å². The van der Waals surface area contributed by atoms with Crippen molar-refractivity contribution in [3.05, 3.63) is 78.4 Å². The molecule has 0 bridgehead atoms. The second-order valence-corrected chi connectivity index (χ2v) is 7.81. The van der Waals surface area contributed by atoms with E-state index in [-0.39, 0.29) is 24.6 Å². The Morgan fingerprint density at radius 1 is 1.10 bits per heavy atom. The van der Waals surface area contributed by atoms with Crippen LogP contribution in [0.2, 0.25) is 0 Å². The van der Waals surface area contributed by atoms with Gasteiger partial charge in [0.05, 0.1) is 12.7 Å². The molecular weight excluding hydrogens is 380 g/mol. The van der Waals surface area contributed by atoms with Crippen molar-refractivity contribution in [2.45, 2.75) is 25.4 Å². The van der Waals surface area contributed by atoms with Crippen molar-refractivity contribution in [2.24, 2.45) is 0 Å². The second kappa shape index (κ2) is 7.72. The summed E-state index contributed by atoms with van der Waals surface area (Å²) < 4.78 is 1.70. The Morgan fingerprint density at radius 2 is 1.80 bits per heavy atom. The Balaban J connectivity index is 1.47. The zero-order valence-corrected chi connectivity index (χ0v) is 17.2. The maximum Gasteiger partial charge on any atom is 0.329 e. The van der Waals surface area contributed by atoms with Gasteiger partial charge in [0.2, 0.25) is 0 Å². The Hall–Kier alpha value is -3.52. The third-order valence-corrected chi connectivity index (χ3v) is 5.85. The maximum atomic E-state index is 13.1. The van der Waals surface area contributed by atoms with Crippen molar-refractivity contribution in [3.63, 3.8) is 0 Å². The standard InChI is InChI=1S/C22H24N6O2/c1-16(17-9-11-19(12-10-17)28-14-23-13-24-28)26(3)15-27-20(29)22(2,25-21(27)30)18-7-5-4-6-8-18/h4-14,16H,15H2,1-3H3,(H,25,30)/p+1/t16-,22-/m1/s1. The van der Waals surface area contributed by atoms with Gasteiger partial charge in [0, 0.05) is 5.56 Å². The van der Waals surface area contributed by atoms with Gasteiger partial charge in [-0.25, -0.2) is 19.4 Å². The first-order chi connectivity index (χ1) is 14.4. The van der Waals surface area contributed by atoms with Crippen LogP contribution in [0.5, 0.6) is 0 Å². The normalized spacial score (nSPS) is 20.8. The minimum atomic E-state index is -1.04. The first-order valence-electron chi connectivity index (χ1n) is 9.87. The fourth-order valence-electron chi connectivity index (χ4n) is 3.74. The number of hydrogen-bond donors (Lipinski definition) is 2. The highest BCUT2D eigenvalue weighted by molar-refractivity contribution is 6.07. The summed E-state index contributed by atoms with van der Waals surface area (Å²) in [5.41, 5.74) is 1.77. The Labute approximate surface area is 175 Å². The minimum Gasteiger partial charge on any atom is -0.319 e. The van der Waals surface area contributed by atoms with Crippen LogP contribution in [0.15, 0.2) is 67.3 Å². The number of nitrogens with zero attached hydrogens (tertiary/aromatic N) is 4. The van der Waals surface area contributed by atoms with Crippen LogP contribution in [0.1, 0.15) is 31.0 Å². The van der Waals surface area contributed by atoms with Gasteiger partial charge in [0.25, 0.3) is 5.91 Å². The second-order valence-electron chi connectivity index (χ2n) is 7.81. The van der Waals surface area contributed by atoms with Gasteiger partial charge in [-0.1, -0.05) is 42.5 Å². The molecule has 1 saturated heterocycles. The Bertz CT molecular complexity index is 1040. The third kappa shape index (κ3) is 3.46. The van der Waals surface area contributed by atoms with Crippen LogP contribution < -0.4 is 10.2 Å². The zero-order chi connectivity index (χ0) is 21.3. The van der Waals surface area contributed by atoms with Gasteiger partial charge in [-0.05, 0) is 31.5 Å². The summed E-state index contributed by atoms with van der Waals surface area (Å²) in [6.45, 7) is 4.11. The number of hydrogen-bond acceptors (Lipinski definition) is 4. The molecule has 0 radical (unpaired) electrons. The number of imide groups is 1. The number of carbonyl (C=O) groups is 2. The molecular formula is C22H25N6O2+. The number of benzene rings is 2. The van der Waals surface area contributed by atoms with Gasteiger partial charge >= 0.3 is 6.03 Å². The number of nitrogens with one attached hydrogen (secondary N) is 2. The van der Waals surface area contributed by atoms with E-state index in [9.17, 15) is 9.59 Å². The molecule has 154 valence electrons. The number of amides is 3. The van der Waals surface area contributed by atoms with E-state index in [1.54, 1.807) is 17.9 Å². The van der Waals surface area contributed by atoms with Crippen molar-refractivity contribution < 1.29 is 14.5 Å². The van der Waals surface area contributed by atoms with Gasteiger partial charge in [-0.2, -0.15) is 5.10 Å². The van der Waals surface area contributed by atoms with Crippen molar-refractivity contribution in [3.8, 4) is 5.69 Å². The average Bonchev–Trinajstić information content (AvgIpc) is 3.38. The van der Waals surface area contributed by atoms with Gasteiger partial charge in [-0.3, -0.25) is 4.79 Å². The van der Waals surface area contributed by atoms with E-state index < -0.39 is 5.54 Å². The molecule has 2 aromatic carbocycles. The van der Waals surface area contributed by atoms with Gasteiger partial charge in [0.1, 0.15) is 24.2 Å². The largest absolute Gasteiger partial charge is 0.329 e. The molecule has 3 aromatic rings. The summed E-state index contributed by atoms with van der Waals surface area (Å²) in [5.74, 6) is -0.230. The molecule has 3 amide bonds. The molecule has 30 heavy (non-hydrogen) atoms. The Kier molecular flexibility index (Phi) is 5.09. The predicted molar refractivity (Wildman–Crippen MR) is 111 cm³/mol. The van der Waals surface area contributed by atoms with E-state index in [1.807, 2.05) is 61.6 Å². The van der Waals surface area contributed by atoms with Gasteiger partial charge < -0.3 is 10.2 Å². The molecule has 1 unspecified atom stereocenters. The summed E-state index contributed by atoms with van der Waals surface area (Å²) >= 11 is 0. The van der Waals surface area contributed by atoms with Crippen LogP contribution in [0, 0.1) is 0 Å². The smallest absolute Gasteiger partial charge is 0.319 e. The van der Waals surface area contributed by atoms with E-state index in [0.29, 0.717) is 0 Å². The lowest BCUT2D eigenvalue weighted by atomic mass is 9.92. The summed E-state index contributed by atoms with van der Waals surface area (Å²) in [6.07, 6.45) is 3.15. The zero-order valence-electron chi connectivity index (χ0n) is 17.2. The molecule has 1 fully saturated rings. The van der Waals surface area contributed by atoms with Crippen LogP contribution in [0.3, 0.4) is 0 Å². The molecule has 8 nitrogen and oxygen atoms in total. The lowest BCUT2D eigenvalue weighted by Gasteiger charge is -2.26. The monoisotopic (exact) mass is 405 g/mol. The number of carbonyl (C=O) groups excluding carboxylic acids is 2. The van der Waals surface area contributed by atoms with Gasteiger partial charge in [-0.15, -0.1) is 0 Å². The summed E-state index contributed by atoms with van der Waals surface area (Å²) in [6, 6.07) is 17.1. The summed E-state index contributed by atoms with van der Waals surface area (Å²) in [7, 11) is 1.98. The molecule has 1 aromatic heterocycles. The molecule has 8 heteroatoms. The first-order valence-corrected chi connectivity index (χ1v) is 9.87. The van der Waals surface area contributed by atoms with Crippen molar-refractivity contribution in [2.75, 3.05) is 13.7 Å². The molecule has 2 N–H and O–H groups in total. The highest BCUT2D eigenvalue weighted by atomic mass is 16.2. The van der Waals surface area contributed by atoms with Crippen molar-refractivity contribution in [1.82, 2.24) is 25.0 Å². The SMILES string of the molecule is C[C@H](c1ccc(-n2cncn2)cc1)[NH+](C)CN1C(=O)N[C@](C)(c2ccccc2)C1=O. The average molecular weight is 405 g/mol. The number of rotatable bonds is 6. The molecule has 4 rings (SSSR count). The highest BCUT2D eigenvalue weighted by Crippen LogP contribution is 2.28. The topological polar surface area (TPSA) is 84.6 Å². The fraction of sp³-hybridized carbons (Fsp3) is 0.273. The molecule has 2 heterocycles. The molecule has 1 aliphatic rings. The number of aromatic nitrogens is 3. The molecule has 0 spiro atoms. The van der Waals surface area contributed by atoms with Crippen molar-refractivity contribution in [1.29, 1.82) is 0 Å². The maximum absolute atomic E-state index is 13.1. The van der Waals surface area contributed by atoms with E-state index in [2.05, 4.69) is 22.3 Å². The first kappa shape index (κ1) is 19.8. The highest BCUT2D eigenvalue weighted by Gasteiger charge is 2.50. The Morgan fingerprint density at radius 3 is 2.43 bits per heavy atom. The van der Waals surface area contributed by atoms with Crippen LogP contribution in [0.4, 0.5) is 4.79 Å². The summed E-state index contributed by atoms with van der Waals surface area (Å²) in [4.78, 5) is 32.0. The number of quaternary nitrogens is 1. The number of urea groups is 1. The molecule has 3 atom stereocenters. The lowest BCUT2D eigenvalue weighted by Crippen LogP contribution is -3.10. The predicted octanol–water partition coefficient (Wildman–Crippen LogP) is 1.27.